The maximum atomic E-state index is 9.02. The first-order valence-corrected chi connectivity index (χ1v) is 8.24. The molecule has 4 N–H and O–H groups in total. The Balaban J connectivity index is 0.000000401. The minimum absolute atomic E-state index is 0.174. The Morgan fingerprint density at radius 3 is 0.962 bits per heavy atom. The monoisotopic (exact) mass is 362 g/mol. The van der Waals surface area contributed by atoms with Gasteiger partial charge in [0.15, 0.2) is 0 Å². The van der Waals surface area contributed by atoms with Crippen LogP contribution in [0.2, 0.25) is 0 Å². The van der Waals surface area contributed by atoms with Gasteiger partial charge in [0.05, 0.1) is 0 Å². The van der Waals surface area contributed by atoms with Gasteiger partial charge in [-0.15, -0.1) is 0 Å². The molecule has 5 heteroatoms. The van der Waals surface area contributed by atoms with Gasteiger partial charge in [-0.25, -0.2) is 4.79 Å². The van der Waals surface area contributed by atoms with Gasteiger partial charge >= 0.3 is 6.16 Å². The first-order chi connectivity index (χ1) is 11.7. The minimum atomic E-state index is -1.83. The SMILES string of the molecule is CC(C)(C)c1ccc(O)cc1.CC(C)(C)c1ccc(O)cc1.O=C(O)O. The Hall–Kier alpha value is -2.69. The largest absolute Gasteiger partial charge is 0.508 e. The van der Waals surface area contributed by atoms with Crippen molar-refractivity contribution in [2.45, 2.75) is 52.4 Å². The molecule has 0 spiro atoms. The van der Waals surface area contributed by atoms with E-state index in [0.29, 0.717) is 11.5 Å². The molecule has 0 bridgehead atoms. The number of phenols is 2. The summed E-state index contributed by atoms with van der Waals surface area (Å²) in [7, 11) is 0. The van der Waals surface area contributed by atoms with Crippen molar-refractivity contribution in [3.8, 4) is 11.5 Å². The van der Waals surface area contributed by atoms with E-state index in [4.69, 9.17) is 25.2 Å². The van der Waals surface area contributed by atoms with E-state index in [9.17, 15) is 0 Å². The molecular weight excluding hydrogens is 332 g/mol. The van der Waals surface area contributed by atoms with Crippen LogP contribution in [0.5, 0.6) is 11.5 Å². The lowest BCUT2D eigenvalue weighted by Crippen LogP contribution is -2.10. The first-order valence-electron chi connectivity index (χ1n) is 8.24. The molecule has 2 rings (SSSR count). The molecule has 26 heavy (non-hydrogen) atoms. The number of hydrogen-bond acceptors (Lipinski definition) is 3. The van der Waals surface area contributed by atoms with E-state index in [1.165, 1.54) is 11.1 Å². The Morgan fingerprint density at radius 2 is 0.808 bits per heavy atom. The van der Waals surface area contributed by atoms with Gasteiger partial charge in [0.2, 0.25) is 0 Å². The van der Waals surface area contributed by atoms with Crippen LogP contribution in [0.15, 0.2) is 48.5 Å². The highest BCUT2D eigenvalue weighted by Gasteiger charge is 2.13. The summed E-state index contributed by atoms with van der Waals surface area (Å²) in [6.07, 6.45) is -1.83. The number of aromatic hydroxyl groups is 2. The van der Waals surface area contributed by atoms with Crippen LogP contribution >= 0.6 is 0 Å². The molecule has 0 radical (unpaired) electrons. The Kier molecular flexibility index (Phi) is 8.70. The average molecular weight is 362 g/mol. The summed E-state index contributed by atoms with van der Waals surface area (Å²) < 4.78 is 0. The summed E-state index contributed by atoms with van der Waals surface area (Å²) in [5.41, 5.74) is 2.84. The van der Waals surface area contributed by atoms with Gasteiger partial charge in [0, 0.05) is 0 Å². The highest BCUT2D eigenvalue weighted by molar-refractivity contribution is 5.53. The van der Waals surface area contributed by atoms with Crippen LogP contribution in [-0.2, 0) is 10.8 Å². The summed E-state index contributed by atoms with van der Waals surface area (Å²) in [4.78, 5) is 8.56. The molecule has 0 aromatic heterocycles. The maximum Gasteiger partial charge on any atom is 0.503 e. The molecule has 0 amide bonds. The zero-order valence-electron chi connectivity index (χ0n) is 16.3. The van der Waals surface area contributed by atoms with E-state index >= 15 is 0 Å². The lowest BCUT2D eigenvalue weighted by molar-refractivity contribution is 0.137. The lowest BCUT2D eigenvalue weighted by Gasteiger charge is -2.18. The van der Waals surface area contributed by atoms with Gasteiger partial charge in [-0.2, -0.15) is 0 Å². The maximum absolute atomic E-state index is 9.02. The molecule has 5 nitrogen and oxygen atoms in total. The number of carboxylic acid groups (broad SMARTS) is 2. The fourth-order valence-corrected chi connectivity index (χ4v) is 1.92. The van der Waals surface area contributed by atoms with Crippen molar-refractivity contribution in [2.24, 2.45) is 0 Å². The zero-order chi connectivity index (χ0) is 20.5. The molecular formula is C21H30O5. The highest BCUT2D eigenvalue weighted by atomic mass is 16.6. The van der Waals surface area contributed by atoms with Crippen molar-refractivity contribution in [3.63, 3.8) is 0 Å². The van der Waals surface area contributed by atoms with Crippen molar-refractivity contribution in [1.82, 2.24) is 0 Å². The molecule has 0 unspecified atom stereocenters. The fourth-order valence-electron chi connectivity index (χ4n) is 1.92. The standard InChI is InChI=1S/2C10H14O.CH2O3/c2*1-10(2,3)8-4-6-9(11)7-5-8;2-1(3)4/h2*4-7,11H,1-3H3;(H2,2,3,4). The smallest absolute Gasteiger partial charge is 0.503 e. The van der Waals surface area contributed by atoms with Gasteiger partial charge in [-0.05, 0) is 46.2 Å². The van der Waals surface area contributed by atoms with E-state index < -0.39 is 6.16 Å². The minimum Gasteiger partial charge on any atom is -0.508 e. The van der Waals surface area contributed by atoms with E-state index in [2.05, 4.69) is 41.5 Å². The molecule has 0 aliphatic heterocycles. The average Bonchev–Trinajstić information content (AvgIpc) is 2.46. The van der Waals surface area contributed by atoms with Gasteiger partial charge in [0.1, 0.15) is 11.5 Å². The van der Waals surface area contributed by atoms with Crippen molar-refractivity contribution in [2.75, 3.05) is 0 Å². The topological polar surface area (TPSA) is 98.0 Å². The second kappa shape index (κ2) is 9.70. The summed E-state index contributed by atoms with van der Waals surface area (Å²) >= 11 is 0. The number of benzene rings is 2. The molecule has 0 saturated carbocycles. The molecule has 0 aliphatic carbocycles. The highest BCUT2D eigenvalue weighted by Crippen LogP contribution is 2.24. The van der Waals surface area contributed by atoms with Crippen LogP contribution < -0.4 is 0 Å². The predicted octanol–water partition coefficient (Wildman–Crippen LogP) is 5.60. The summed E-state index contributed by atoms with van der Waals surface area (Å²) in [6.45, 7) is 12.9. The van der Waals surface area contributed by atoms with Crippen LogP contribution in [0.3, 0.4) is 0 Å². The van der Waals surface area contributed by atoms with Crippen LogP contribution in [0, 0.1) is 0 Å². The number of carbonyl (C=O) groups is 1. The molecule has 0 saturated heterocycles. The third kappa shape index (κ3) is 10.2. The van der Waals surface area contributed by atoms with Crippen LogP contribution in [-0.4, -0.2) is 26.6 Å². The molecule has 0 fully saturated rings. The zero-order valence-corrected chi connectivity index (χ0v) is 16.3. The molecule has 2 aromatic rings. The van der Waals surface area contributed by atoms with Crippen molar-refractivity contribution >= 4 is 6.16 Å². The molecule has 0 aliphatic rings. The number of hydrogen-bond donors (Lipinski definition) is 4. The van der Waals surface area contributed by atoms with E-state index in [-0.39, 0.29) is 10.8 Å². The van der Waals surface area contributed by atoms with Crippen LogP contribution in [0.25, 0.3) is 0 Å². The summed E-state index contributed by atoms with van der Waals surface area (Å²) in [5.74, 6) is 0.663. The molecule has 0 atom stereocenters. The predicted molar refractivity (Wildman–Crippen MR) is 104 cm³/mol. The van der Waals surface area contributed by atoms with Crippen molar-refractivity contribution in [3.05, 3.63) is 59.7 Å². The first kappa shape index (κ1) is 23.3. The summed E-state index contributed by atoms with van der Waals surface area (Å²) in [5, 5.41) is 32.0. The van der Waals surface area contributed by atoms with Gasteiger partial charge in [-0.1, -0.05) is 65.8 Å². The van der Waals surface area contributed by atoms with Gasteiger partial charge < -0.3 is 20.4 Å². The normalized spacial score (nSPS) is 10.7. The van der Waals surface area contributed by atoms with Crippen molar-refractivity contribution in [1.29, 1.82) is 0 Å². The van der Waals surface area contributed by atoms with Gasteiger partial charge in [-0.3, -0.25) is 0 Å². The van der Waals surface area contributed by atoms with E-state index in [1.807, 2.05) is 24.3 Å². The number of phenolic OH excluding ortho intramolecular Hbond substituents is 2. The van der Waals surface area contributed by atoms with E-state index in [0.717, 1.165) is 0 Å². The second-order valence-electron chi connectivity index (χ2n) is 7.88. The Bertz CT molecular complexity index is 600. The Labute approximate surface area is 155 Å². The van der Waals surface area contributed by atoms with Crippen LogP contribution in [0.1, 0.15) is 52.7 Å². The lowest BCUT2D eigenvalue weighted by atomic mass is 9.87. The fraction of sp³-hybridized carbons (Fsp3) is 0.381. The third-order valence-electron chi connectivity index (χ3n) is 3.47. The quantitative estimate of drug-likeness (QED) is 0.489. The molecule has 0 heterocycles. The molecule has 2 aromatic carbocycles. The Morgan fingerprint density at radius 1 is 0.615 bits per heavy atom. The van der Waals surface area contributed by atoms with Crippen molar-refractivity contribution < 1.29 is 25.2 Å². The van der Waals surface area contributed by atoms with Gasteiger partial charge in [0.25, 0.3) is 0 Å². The number of rotatable bonds is 0. The van der Waals surface area contributed by atoms with E-state index in [1.54, 1.807) is 24.3 Å². The second-order valence-corrected chi connectivity index (χ2v) is 7.88. The third-order valence-corrected chi connectivity index (χ3v) is 3.47. The molecule has 144 valence electrons. The van der Waals surface area contributed by atoms with Crippen LogP contribution in [0.4, 0.5) is 4.79 Å². The summed E-state index contributed by atoms with van der Waals surface area (Å²) in [6, 6.07) is 14.7.